The van der Waals surface area contributed by atoms with Gasteiger partial charge in [0.05, 0.1) is 22.2 Å². The Hall–Kier alpha value is -1.88. The van der Waals surface area contributed by atoms with Crippen molar-refractivity contribution in [2.75, 3.05) is 26.2 Å². The molecule has 3 aliphatic rings. The molecule has 1 amide bonds. The quantitative estimate of drug-likeness (QED) is 0.235. The Kier molecular flexibility index (Phi) is 9.06. The summed E-state index contributed by atoms with van der Waals surface area (Å²) < 4.78 is 35.0. The third-order valence-electron chi connectivity index (χ3n) is 8.46. The lowest BCUT2D eigenvalue weighted by Gasteiger charge is -2.33. The standard InChI is InChI=1S/C31H34BrCl2N3O4S/c32-25-15-28(33)30(29(34)16-25)42(39,40)37(26-9-10-26)19-27-14-24(20-41-27)31(38)36-13-3-4-23(18-36)22-7-5-21(6-8-22)17-35-11-1-2-12-35/h5-8,14-16,20,23,26H,1-4,9-13,17-19H2. The zero-order chi connectivity index (χ0) is 29.4. The Balaban J connectivity index is 1.12. The van der Waals surface area contributed by atoms with E-state index in [4.69, 9.17) is 27.6 Å². The third-order valence-corrected chi connectivity index (χ3v) is 11.7. The van der Waals surface area contributed by atoms with Gasteiger partial charge < -0.3 is 9.32 Å². The van der Waals surface area contributed by atoms with Crippen LogP contribution in [0.2, 0.25) is 10.0 Å². The minimum atomic E-state index is -4.00. The van der Waals surface area contributed by atoms with Crippen LogP contribution in [-0.2, 0) is 23.1 Å². The fourth-order valence-corrected chi connectivity index (χ4v) is 9.64. The summed E-state index contributed by atoms with van der Waals surface area (Å²) >= 11 is 15.9. The highest BCUT2D eigenvalue weighted by Crippen LogP contribution is 2.40. The normalized spacial score (nSPS) is 20.0. The molecule has 3 aromatic rings. The summed E-state index contributed by atoms with van der Waals surface area (Å²) in [5.41, 5.74) is 3.03. The van der Waals surface area contributed by atoms with E-state index in [9.17, 15) is 13.2 Å². The van der Waals surface area contributed by atoms with Crippen LogP contribution in [0, 0.1) is 0 Å². The number of hydrogen-bond acceptors (Lipinski definition) is 5. The molecule has 3 fully saturated rings. The van der Waals surface area contributed by atoms with Crippen LogP contribution in [0.25, 0.3) is 0 Å². The zero-order valence-electron chi connectivity index (χ0n) is 23.3. The summed E-state index contributed by atoms with van der Waals surface area (Å²) in [4.78, 5) is 17.8. The number of furan rings is 1. The van der Waals surface area contributed by atoms with Crippen LogP contribution in [0.3, 0.4) is 0 Å². The highest BCUT2D eigenvalue weighted by Gasteiger charge is 2.41. The molecule has 0 radical (unpaired) electrons. The molecule has 7 nitrogen and oxygen atoms in total. The zero-order valence-corrected chi connectivity index (χ0v) is 27.2. The second-order valence-electron chi connectivity index (χ2n) is 11.6. The van der Waals surface area contributed by atoms with Crippen molar-refractivity contribution in [3.8, 4) is 0 Å². The fraction of sp³-hybridized carbons (Fsp3) is 0.452. The number of sulfonamides is 1. The minimum Gasteiger partial charge on any atom is -0.467 e. The number of likely N-dealkylation sites (tertiary alicyclic amines) is 2. The molecule has 11 heteroatoms. The maximum atomic E-state index is 13.7. The highest BCUT2D eigenvalue weighted by atomic mass is 79.9. The fourth-order valence-electron chi connectivity index (χ4n) is 6.11. The summed E-state index contributed by atoms with van der Waals surface area (Å²) in [6.45, 7) is 4.69. The Labute approximate surface area is 265 Å². The summed E-state index contributed by atoms with van der Waals surface area (Å²) in [7, 11) is -4.00. The van der Waals surface area contributed by atoms with Gasteiger partial charge in [-0.05, 0) is 80.9 Å². The molecule has 0 bridgehead atoms. The van der Waals surface area contributed by atoms with Crippen molar-refractivity contribution in [1.29, 1.82) is 0 Å². The predicted molar refractivity (Wildman–Crippen MR) is 167 cm³/mol. The van der Waals surface area contributed by atoms with E-state index in [2.05, 4.69) is 45.1 Å². The van der Waals surface area contributed by atoms with E-state index in [0.717, 1.165) is 32.2 Å². The topological polar surface area (TPSA) is 74.1 Å². The van der Waals surface area contributed by atoms with Crippen LogP contribution in [0.1, 0.15) is 71.7 Å². The molecule has 2 saturated heterocycles. The van der Waals surface area contributed by atoms with Crippen LogP contribution in [0.5, 0.6) is 0 Å². The molecule has 224 valence electrons. The number of rotatable bonds is 9. The van der Waals surface area contributed by atoms with Crippen LogP contribution < -0.4 is 0 Å². The molecule has 2 aliphatic heterocycles. The number of hydrogen-bond donors (Lipinski definition) is 0. The van der Waals surface area contributed by atoms with Gasteiger partial charge in [0.15, 0.2) is 0 Å². The van der Waals surface area contributed by atoms with E-state index in [1.165, 1.54) is 59.8 Å². The van der Waals surface area contributed by atoms with Crippen molar-refractivity contribution in [1.82, 2.24) is 14.1 Å². The molecule has 0 N–H and O–H groups in total. The molecule has 3 heterocycles. The number of amides is 1. The molecule has 1 saturated carbocycles. The first kappa shape index (κ1) is 30.2. The van der Waals surface area contributed by atoms with Gasteiger partial charge in [0.2, 0.25) is 10.0 Å². The van der Waals surface area contributed by atoms with Crippen molar-refractivity contribution in [3.63, 3.8) is 0 Å². The first-order valence-electron chi connectivity index (χ1n) is 14.5. The average molecular weight is 696 g/mol. The van der Waals surface area contributed by atoms with E-state index in [-0.39, 0.29) is 39.4 Å². The van der Waals surface area contributed by atoms with Gasteiger partial charge in [0.1, 0.15) is 16.9 Å². The smallest absolute Gasteiger partial charge is 0.257 e. The molecule has 42 heavy (non-hydrogen) atoms. The molecule has 1 unspecified atom stereocenters. The number of halogens is 3. The Morgan fingerprint density at radius 1 is 0.976 bits per heavy atom. The SMILES string of the molecule is O=C(c1coc(CN(C2CC2)S(=O)(=O)c2c(Cl)cc(Br)cc2Cl)c1)N1CCCC(c2ccc(CN3CCCC3)cc2)C1. The molecule has 1 atom stereocenters. The third kappa shape index (κ3) is 6.61. The Bertz CT molecular complexity index is 1530. The van der Waals surface area contributed by atoms with E-state index >= 15 is 0 Å². The van der Waals surface area contributed by atoms with Crippen molar-refractivity contribution in [2.45, 2.75) is 68.5 Å². The lowest BCUT2D eigenvalue weighted by atomic mass is 9.90. The predicted octanol–water partition coefficient (Wildman–Crippen LogP) is 7.32. The molecular weight excluding hydrogens is 661 g/mol. The summed E-state index contributed by atoms with van der Waals surface area (Å²) in [6.07, 6.45) is 7.47. The maximum Gasteiger partial charge on any atom is 0.257 e. The molecule has 0 spiro atoms. The van der Waals surface area contributed by atoms with Crippen molar-refractivity contribution < 1.29 is 17.6 Å². The monoisotopic (exact) mass is 693 g/mol. The minimum absolute atomic E-state index is 0.00456. The van der Waals surface area contributed by atoms with Crippen molar-refractivity contribution in [2.24, 2.45) is 0 Å². The average Bonchev–Trinajstić information content (AvgIpc) is 3.45. The van der Waals surface area contributed by atoms with Gasteiger partial charge in [-0.3, -0.25) is 9.69 Å². The van der Waals surface area contributed by atoms with Crippen molar-refractivity contribution in [3.05, 3.63) is 85.7 Å². The Morgan fingerprint density at radius 2 is 1.67 bits per heavy atom. The van der Waals surface area contributed by atoms with Crippen LogP contribution in [0.15, 0.2) is 62.5 Å². The van der Waals surface area contributed by atoms with Gasteiger partial charge in [0, 0.05) is 36.1 Å². The number of carbonyl (C=O) groups is 1. The van der Waals surface area contributed by atoms with Gasteiger partial charge in [0.25, 0.3) is 5.91 Å². The van der Waals surface area contributed by atoms with Gasteiger partial charge in [-0.1, -0.05) is 63.4 Å². The van der Waals surface area contributed by atoms with Gasteiger partial charge in [-0.15, -0.1) is 0 Å². The number of piperidine rings is 1. The van der Waals surface area contributed by atoms with E-state index in [1.54, 1.807) is 6.07 Å². The van der Waals surface area contributed by atoms with Crippen LogP contribution >= 0.6 is 39.1 Å². The number of nitrogens with zero attached hydrogens (tertiary/aromatic N) is 3. The Morgan fingerprint density at radius 3 is 2.33 bits per heavy atom. The van der Waals surface area contributed by atoms with Gasteiger partial charge >= 0.3 is 0 Å². The lowest BCUT2D eigenvalue weighted by Crippen LogP contribution is -2.39. The van der Waals surface area contributed by atoms with Gasteiger partial charge in [-0.2, -0.15) is 4.31 Å². The van der Waals surface area contributed by atoms with E-state index in [0.29, 0.717) is 28.9 Å². The summed E-state index contributed by atoms with van der Waals surface area (Å²) in [5.74, 6) is 0.589. The van der Waals surface area contributed by atoms with E-state index < -0.39 is 10.0 Å². The first-order valence-corrected chi connectivity index (χ1v) is 17.5. The largest absolute Gasteiger partial charge is 0.467 e. The second kappa shape index (κ2) is 12.6. The maximum absolute atomic E-state index is 13.7. The molecule has 1 aromatic heterocycles. The number of benzene rings is 2. The van der Waals surface area contributed by atoms with E-state index in [1.807, 2.05) is 4.90 Å². The summed E-state index contributed by atoms with van der Waals surface area (Å²) in [6, 6.07) is 13.4. The molecule has 1 aliphatic carbocycles. The molecule has 6 rings (SSSR count). The van der Waals surface area contributed by atoms with Crippen LogP contribution in [-0.4, -0.2) is 60.7 Å². The first-order chi connectivity index (χ1) is 20.2. The second-order valence-corrected chi connectivity index (χ2v) is 15.2. The lowest BCUT2D eigenvalue weighted by molar-refractivity contribution is 0.0706. The van der Waals surface area contributed by atoms with Crippen molar-refractivity contribution >= 4 is 55.1 Å². The highest BCUT2D eigenvalue weighted by molar-refractivity contribution is 9.10. The van der Waals surface area contributed by atoms with Crippen LogP contribution in [0.4, 0.5) is 0 Å². The molecule has 2 aromatic carbocycles. The van der Waals surface area contributed by atoms with Gasteiger partial charge in [-0.25, -0.2) is 8.42 Å². The number of carbonyl (C=O) groups excluding carboxylic acids is 1. The molecular formula is C31H34BrCl2N3O4S. The summed E-state index contributed by atoms with van der Waals surface area (Å²) in [5, 5.41) is 0.104.